The number of hydrogen-bond donors (Lipinski definition) is 0. The second-order valence-electron chi connectivity index (χ2n) is 14.8. The molecule has 10 aromatic carbocycles. The Hall–Kier alpha value is -7.62. The van der Waals surface area contributed by atoms with E-state index in [-0.39, 0.29) is 0 Å². The standard InChI is InChI=1S/C54H33NO2/c1-2-14-34(15-3-1)38-18-6-9-24-47(38)55(48-25-13-23-44-41-20-7-10-26-49(41)57-54(44)48)37-17-12-16-35(32-37)36-28-29-40-39-19-4-5-21-42(39)52-43(46(40)33-36)30-31-51-53(52)45-22-8-11-27-50(45)56-51/h1-33H. The molecule has 12 rings (SSSR count). The van der Waals surface area contributed by atoms with Gasteiger partial charge in [-0.3, -0.25) is 0 Å². The van der Waals surface area contributed by atoms with Crippen molar-refractivity contribution in [2.45, 2.75) is 0 Å². The maximum absolute atomic E-state index is 6.70. The zero-order valence-corrected chi connectivity index (χ0v) is 30.8. The van der Waals surface area contributed by atoms with Crippen molar-refractivity contribution in [3.63, 3.8) is 0 Å². The molecule has 0 radical (unpaired) electrons. The summed E-state index contributed by atoms with van der Waals surface area (Å²) in [5, 5.41) is 11.9. The van der Waals surface area contributed by atoms with Crippen LogP contribution in [0.5, 0.6) is 0 Å². The van der Waals surface area contributed by atoms with Gasteiger partial charge in [0.25, 0.3) is 0 Å². The molecule has 266 valence electrons. The van der Waals surface area contributed by atoms with E-state index in [2.05, 4.69) is 193 Å². The van der Waals surface area contributed by atoms with Crippen LogP contribution in [0.1, 0.15) is 0 Å². The molecule has 3 heteroatoms. The molecule has 0 fully saturated rings. The average molecular weight is 728 g/mol. The molecule has 0 unspecified atom stereocenters. The Morgan fingerprint density at radius 3 is 1.77 bits per heavy atom. The minimum Gasteiger partial charge on any atom is -0.456 e. The van der Waals surface area contributed by atoms with E-state index in [4.69, 9.17) is 8.83 Å². The lowest BCUT2D eigenvalue weighted by molar-refractivity contribution is 0.669. The molecule has 2 heterocycles. The highest BCUT2D eigenvalue weighted by Gasteiger charge is 2.23. The van der Waals surface area contributed by atoms with Crippen molar-refractivity contribution < 1.29 is 8.83 Å². The molecule has 0 aliphatic rings. The first-order chi connectivity index (χ1) is 28.3. The second kappa shape index (κ2) is 12.5. The second-order valence-corrected chi connectivity index (χ2v) is 14.8. The zero-order valence-electron chi connectivity index (χ0n) is 30.8. The molecule has 0 saturated carbocycles. The number of furan rings is 2. The fourth-order valence-corrected chi connectivity index (χ4v) is 9.11. The highest BCUT2D eigenvalue weighted by molar-refractivity contribution is 6.34. The number of fused-ring (bicyclic) bond motifs is 13. The monoisotopic (exact) mass is 727 g/mol. The molecule has 0 saturated heterocycles. The van der Waals surface area contributed by atoms with Gasteiger partial charge in [0.1, 0.15) is 16.7 Å². The van der Waals surface area contributed by atoms with E-state index in [1.54, 1.807) is 0 Å². The van der Waals surface area contributed by atoms with Gasteiger partial charge in [-0.1, -0.05) is 146 Å². The smallest absolute Gasteiger partial charge is 0.159 e. The van der Waals surface area contributed by atoms with Gasteiger partial charge in [-0.15, -0.1) is 0 Å². The Morgan fingerprint density at radius 2 is 0.895 bits per heavy atom. The SMILES string of the molecule is c1ccc(-c2ccccc2N(c2cccc(-c3ccc4c5ccccc5c5c(ccc6oc7ccccc7c65)c4c3)c2)c2cccc3c2oc2ccccc23)cc1. The van der Waals surface area contributed by atoms with Crippen molar-refractivity contribution in [1.82, 2.24) is 0 Å². The highest BCUT2D eigenvalue weighted by Crippen LogP contribution is 2.47. The van der Waals surface area contributed by atoms with Crippen molar-refractivity contribution in [3.05, 3.63) is 200 Å². The first-order valence-corrected chi connectivity index (χ1v) is 19.4. The van der Waals surface area contributed by atoms with Crippen molar-refractivity contribution in [2.24, 2.45) is 0 Å². The summed E-state index contributed by atoms with van der Waals surface area (Å²) in [6, 6.07) is 71.5. The van der Waals surface area contributed by atoms with E-state index in [1.165, 1.54) is 37.7 Å². The van der Waals surface area contributed by atoms with Crippen molar-refractivity contribution in [3.8, 4) is 22.3 Å². The minimum absolute atomic E-state index is 0.856. The Balaban J connectivity index is 1.10. The van der Waals surface area contributed by atoms with Gasteiger partial charge in [0, 0.05) is 38.2 Å². The molecule has 57 heavy (non-hydrogen) atoms. The summed E-state index contributed by atoms with van der Waals surface area (Å²) in [7, 11) is 0. The predicted octanol–water partition coefficient (Wildman–Crippen LogP) is 15.7. The van der Waals surface area contributed by atoms with Crippen LogP contribution in [0.25, 0.3) is 98.4 Å². The number of benzene rings is 10. The van der Waals surface area contributed by atoms with Crippen molar-refractivity contribution >= 4 is 93.3 Å². The Bertz CT molecular complexity index is 3540. The molecular weight excluding hydrogens is 695 g/mol. The van der Waals surface area contributed by atoms with Crippen LogP contribution in [0.2, 0.25) is 0 Å². The lowest BCUT2D eigenvalue weighted by Crippen LogP contribution is -2.11. The third kappa shape index (κ3) is 4.86. The third-order valence-electron chi connectivity index (χ3n) is 11.6. The van der Waals surface area contributed by atoms with Crippen LogP contribution < -0.4 is 4.90 Å². The van der Waals surface area contributed by atoms with E-state index in [0.717, 1.165) is 77.8 Å². The first-order valence-electron chi connectivity index (χ1n) is 19.4. The summed E-state index contributed by atoms with van der Waals surface area (Å²) in [5.74, 6) is 0. The summed E-state index contributed by atoms with van der Waals surface area (Å²) >= 11 is 0. The Morgan fingerprint density at radius 1 is 0.298 bits per heavy atom. The third-order valence-corrected chi connectivity index (χ3v) is 11.6. The van der Waals surface area contributed by atoms with Crippen LogP contribution in [0, 0.1) is 0 Å². The summed E-state index contributed by atoms with van der Waals surface area (Å²) in [6.45, 7) is 0. The molecular formula is C54H33NO2. The van der Waals surface area contributed by atoms with Crippen molar-refractivity contribution in [1.29, 1.82) is 0 Å². The molecule has 0 bridgehead atoms. The van der Waals surface area contributed by atoms with Gasteiger partial charge in [-0.2, -0.15) is 0 Å². The number of para-hydroxylation sites is 4. The normalized spacial score (nSPS) is 11.9. The quantitative estimate of drug-likeness (QED) is 0.165. The molecule has 3 nitrogen and oxygen atoms in total. The largest absolute Gasteiger partial charge is 0.456 e. The van der Waals surface area contributed by atoms with Gasteiger partial charge < -0.3 is 13.7 Å². The molecule has 12 aromatic rings. The number of rotatable bonds is 5. The maximum Gasteiger partial charge on any atom is 0.159 e. The van der Waals surface area contributed by atoms with Crippen LogP contribution >= 0.6 is 0 Å². The van der Waals surface area contributed by atoms with Gasteiger partial charge in [0.05, 0.1) is 11.4 Å². The lowest BCUT2D eigenvalue weighted by atomic mass is 9.90. The highest BCUT2D eigenvalue weighted by atomic mass is 16.3. The summed E-state index contributed by atoms with van der Waals surface area (Å²) in [5.41, 5.74) is 11.2. The molecule has 0 amide bonds. The van der Waals surface area contributed by atoms with E-state index < -0.39 is 0 Å². The van der Waals surface area contributed by atoms with Gasteiger partial charge in [0.2, 0.25) is 0 Å². The molecule has 0 spiro atoms. The molecule has 0 atom stereocenters. The summed E-state index contributed by atoms with van der Waals surface area (Å²) in [6.07, 6.45) is 0. The van der Waals surface area contributed by atoms with E-state index in [1.807, 2.05) is 12.1 Å². The fourth-order valence-electron chi connectivity index (χ4n) is 9.11. The van der Waals surface area contributed by atoms with Crippen LogP contribution in [-0.2, 0) is 0 Å². The Kier molecular flexibility index (Phi) is 6.93. The topological polar surface area (TPSA) is 29.5 Å². The number of hydrogen-bond acceptors (Lipinski definition) is 3. The molecule has 2 aromatic heterocycles. The van der Waals surface area contributed by atoms with Crippen LogP contribution in [0.3, 0.4) is 0 Å². The van der Waals surface area contributed by atoms with Crippen LogP contribution in [0.15, 0.2) is 209 Å². The molecule has 0 N–H and O–H groups in total. The van der Waals surface area contributed by atoms with Gasteiger partial charge in [0.15, 0.2) is 5.58 Å². The first kappa shape index (κ1) is 31.7. The van der Waals surface area contributed by atoms with E-state index >= 15 is 0 Å². The predicted molar refractivity (Wildman–Crippen MR) is 239 cm³/mol. The maximum atomic E-state index is 6.70. The lowest BCUT2D eigenvalue weighted by Gasteiger charge is -2.28. The minimum atomic E-state index is 0.856. The van der Waals surface area contributed by atoms with E-state index in [0.29, 0.717) is 0 Å². The fraction of sp³-hybridized carbons (Fsp3) is 0. The van der Waals surface area contributed by atoms with Gasteiger partial charge in [-0.25, -0.2) is 0 Å². The summed E-state index contributed by atoms with van der Waals surface area (Å²) in [4.78, 5) is 2.36. The molecule has 0 aliphatic heterocycles. The van der Waals surface area contributed by atoms with Crippen molar-refractivity contribution in [2.75, 3.05) is 4.90 Å². The van der Waals surface area contributed by atoms with Gasteiger partial charge in [-0.05, 0) is 98.2 Å². The molecule has 0 aliphatic carbocycles. The zero-order chi connectivity index (χ0) is 37.5. The average Bonchev–Trinajstić information content (AvgIpc) is 3.86. The van der Waals surface area contributed by atoms with Crippen LogP contribution in [0.4, 0.5) is 17.1 Å². The number of nitrogens with zero attached hydrogens (tertiary/aromatic N) is 1. The van der Waals surface area contributed by atoms with Crippen LogP contribution in [-0.4, -0.2) is 0 Å². The Labute approximate surface area is 328 Å². The van der Waals surface area contributed by atoms with E-state index in [9.17, 15) is 0 Å². The summed E-state index contributed by atoms with van der Waals surface area (Å²) < 4.78 is 13.1. The van der Waals surface area contributed by atoms with Gasteiger partial charge >= 0.3 is 0 Å². The number of anilines is 3.